The van der Waals surface area contributed by atoms with E-state index >= 15 is 0 Å². The molecule has 0 atom stereocenters. The summed E-state index contributed by atoms with van der Waals surface area (Å²) >= 11 is 0. The van der Waals surface area contributed by atoms with Crippen LogP contribution in [0.1, 0.15) is 21.5 Å². The molecule has 0 spiro atoms. The number of rotatable bonds is 5. The molecule has 0 saturated carbocycles. The van der Waals surface area contributed by atoms with Gasteiger partial charge < -0.3 is 15.3 Å². The summed E-state index contributed by atoms with van der Waals surface area (Å²) in [6.45, 7) is 0. The van der Waals surface area contributed by atoms with Gasteiger partial charge in [0.1, 0.15) is 0 Å². The molecule has 0 aliphatic rings. The third kappa shape index (κ3) is 3.60. The van der Waals surface area contributed by atoms with Crippen LogP contribution in [0.4, 0.5) is 0 Å². The number of carbonyl (C=O) groups is 3. The number of hydrogen-bond donors (Lipinski definition) is 3. The van der Waals surface area contributed by atoms with Crippen molar-refractivity contribution in [3.63, 3.8) is 0 Å². The van der Waals surface area contributed by atoms with Crippen molar-refractivity contribution in [3.05, 3.63) is 34.9 Å². The summed E-state index contributed by atoms with van der Waals surface area (Å²) in [5, 5.41) is 26.1. The number of hydrogen-bond acceptors (Lipinski definition) is 3. The summed E-state index contributed by atoms with van der Waals surface area (Å²) in [4.78, 5) is 31.9. The lowest BCUT2D eigenvalue weighted by molar-refractivity contribution is -0.137. The largest absolute Gasteiger partial charge is 0.481 e. The molecule has 0 aliphatic heterocycles. The van der Waals surface area contributed by atoms with Crippen LogP contribution < -0.4 is 0 Å². The Morgan fingerprint density at radius 2 is 1.41 bits per heavy atom. The molecule has 1 rings (SSSR count). The summed E-state index contributed by atoms with van der Waals surface area (Å²) in [5.74, 6) is -3.42. The summed E-state index contributed by atoms with van der Waals surface area (Å²) in [5.41, 5.74) is 0.458. The smallest absolute Gasteiger partial charge is 0.335 e. The molecule has 1 aromatic carbocycles. The van der Waals surface area contributed by atoms with Gasteiger partial charge in [0, 0.05) is 0 Å². The number of benzene rings is 1. The zero-order valence-electron chi connectivity index (χ0n) is 8.71. The van der Waals surface area contributed by atoms with Gasteiger partial charge in [0.15, 0.2) is 0 Å². The van der Waals surface area contributed by atoms with E-state index in [9.17, 15) is 14.4 Å². The van der Waals surface area contributed by atoms with Crippen molar-refractivity contribution < 1.29 is 29.7 Å². The number of aromatic carboxylic acids is 1. The molecular formula is C11H10O6. The normalized spacial score (nSPS) is 9.88. The van der Waals surface area contributed by atoms with Crippen molar-refractivity contribution in [2.75, 3.05) is 0 Å². The SMILES string of the molecule is O=C(O)Cc1ccc(C(=O)O)cc1CC(=O)O. The molecule has 17 heavy (non-hydrogen) atoms. The van der Waals surface area contributed by atoms with Crippen LogP contribution in [0.15, 0.2) is 18.2 Å². The Hall–Kier alpha value is -2.37. The third-order valence-electron chi connectivity index (χ3n) is 2.14. The second kappa shape index (κ2) is 5.11. The Morgan fingerprint density at radius 1 is 0.882 bits per heavy atom. The Labute approximate surface area is 96.1 Å². The zero-order chi connectivity index (χ0) is 13.0. The second-order valence-electron chi connectivity index (χ2n) is 3.43. The summed E-state index contributed by atoms with van der Waals surface area (Å²) in [6, 6.07) is 3.77. The van der Waals surface area contributed by atoms with Crippen molar-refractivity contribution in [1.82, 2.24) is 0 Å². The van der Waals surface area contributed by atoms with Gasteiger partial charge in [-0.05, 0) is 23.3 Å². The minimum absolute atomic E-state index is 0.0598. The number of carboxylic acids is 3. The molecule has 0 bridgehead atoms. The van der Waals surface area contributed by atoms with Gasteiger partial charge in [0.25, 0.3) is 0 Å². The lowest BCUT2D eigenvalue weighted by Gasteiger charge is -2.06. The average Bonchev–Trinajstić information content (AvgIpc) is 2.18. The lowest BCUT2D eigenvalue weighted by Crippen LogP contribution is -2.09. The van der Waals surface area contributed by atoms with Gasteiger partial charge in [-0.2, -0.15) is 0 Å². The van der Waals surface area contributed by atoms with E-state index in [4.69, 9.17) is 15.3 Å². The summed E-state index contributed by atoms with van der Waals surface area (Å²) < 4.78 is 0. The molecule has 3 N–H and O–H groups in total. The average molecular weight is 238 g/mol. The van der Waals surface area contributed by atoms with Crippen LogP contribution in [-0.4, -0.2) is 33.2 Å². The molecule has 0 radical (unpaired) electrons. The fraction of sp³-hybridized carbons (Fsp3) is 0.182. The van der Waals surface area contributed by atoms with E-state index in [0.29, 0.717) is 5.56 Å². The van der Waals surface area contributed by atoms with E-state index in [2.05, 4.69) is 0 Å². The van der Waals surface area contributed by atoms with Crippen LogP contribution in [-0.2, 0) is 22.4 Å². The fourth-order valence-electron chi connectivity index (χ4n) is 1.42. The molecule has 0 saturated heterocycles. The molecule has 0 fully saturated rings. The quantitative estimate of drug-likeness (QED) is 0.693. The van der Waals surface area contributed by atoms with Gasteiger partial charge in [-0.1, -0.05) is 6.07 Å². The Kier molecular flexibility index (Phi) is 3.82. The van der Waals surface area contributed by atoms with Crippen molar-refractivity contribution in [2.45, 2.75) is 12.8 Å². The Bertz CT molecular complexity index is 477. The second-order valence-corrected chi connectivity index (χ2v) is 3.43. The van der Waals surface area contributed by atoms with Crippen molar-refractivity contribution in [3.8, 4) is 0 Å². The summed E-state index contributed by atoms with van der Waals surface area (Å²) in [7, 11) is 0. The maximum absolute atomic E-state index is 10.7. The molecule has 0 aromatic heterocycles. The highest BCUT2D eigenvalue weighted by Gasteiger charge is 2.13. The van der Waals surface area contributed by atoms with Gasteiger partial charge in [-0.25, -0.2) is 4.79 Å². The summed E-state index contributed by atoms with van der Waals surface area (Å²) in [6.07, 6.45) is -0.730. The Morgan fingerprint density at radius 3 is 1.88 bits per heavy atom. The molecule has 6 nitrogen and oxygen atoms in total. The van der Waals surface area contributed by atoms with Crippen LogP contribution in [0.3, 0.4) is 0 Å². The van der Waals surface area contributed by atoms with Crippen LogP contribution >= 0.6 is 0 Å². The highest BCUT2D eigenvalue weighted by atomic mass is 16.4. The minimum atomic E-state index is -1.18. The van der Waals surface area contributed by atoms with Gasteiger partial charge in [0.05, 0.1) is 18.4 Å². The van der Waals surface area contributed by atoms with E-state index in [0.717, 1.165) is 0 Å². The van der Waals surface area contributed by atoms with Crippen LogP contribution in [0, 0.1) is 0 Å². The predicted molar refractivity (Wildman–Crippen MR) is 56.1 cm³/mol. The molecule has 0 amide bonds. The molecular weight excluding hydrogens is 228 g/mol. The van der Waals surface area contributed by atoms with E-state index < -0.39 is 24.3 Å². The van der Waals surface area contributed by atoms with Gasteiger partial charge in [0.2, 0.25) is 0 Å². The van der Waals surface area contributed by atoms with Crippen molar-refractivity contribution in [1.29, 1.82) is 0 Å². The number of carboxylic acid groups (broad SMARTS) is 3. The van der Waals surface area contributed by atoms with Crippen LogP contribution in [0.2, 0.25) is 0 Å². The topological polar surface area (TPSA) is 112 Å². The van der Waals surface area contributed by atoms with Gasteiger partial charge in [-0.3, -0.25) is 9.59 Å². The van der Waals surface area contributed by atoms with Crippen LogP contribution in [0.5, 0.6) is 0 Å². The first-order valence-electron chi connectivity index (χ1n) is 4.69. The molecule has 0 aliphatic carbocycles. The Balaban J connectivity index is 3.15. The first-order valence-corrected chi connectivity index (χ1v) is 4.69. The monoisotopic (exact) mass is 238 g/mol. The highest BCUT2D eigenvalue weighted by Crippen LogP contribution is 2.14. The molecule has 0 unspecified atom stereocenters. The maximum atomic E-state index is 10.7. The lowest BCUT2D eigenvalue weighted by atomic mass is 9.99. The predicted octanol–water partition coefficient (Wildman–Crippen LogP) is 0.639. The van der Waals surface area contributed by atoms with E-state index in [1.165, 1.54) is 18.2 Å². The van der Waals surface area contributed by atoms with Gasteiger partial charge in [-0.15, -0.1) is 0 Å². The first-order chi connectivity index (χ1) is 7.90. The standard InChI is InChI=1S/C11H10O6/c12-9(13)4-6-1-2-7(11(16)17)3-8(6)5-10(14)15/h1-3H,4-5H2,(H,12,13)(H,14,15)(H,16,17). The third-order valence-corrected chi connectivity index (χ3v) is 2.14. The van der Waals surface area contributed by atoms with Crippen molar-refractivity contribution in [2.24, 2.45) is 0 Å². The number of aliphatic carboxylic acids is 2. The van der Waals surface area contributed by atoms with Crippen LogP contribution in [0.25, 0.3) is 0 Å². The maximum Gasteiger partial charge on any atom is 0.335 e. The fourth-order valence-corrected chi connectivity index (χ4v) is 1.42. The van der Waals surface area contributed by atoms with E-state index in [-0.39, 0.29) is 17.5 Å². The van der Waals surface area contributed by atoms with E-state index in [1.807, 2.05) is 0 Å². The van der Waals surface area contributed by atoms with Gasteiger partial charge >= 0.3 is 17.9 Å². The minimum Gasteiger partial charge on any atom is -0.481 e. The molecule has 6 heteroatoms. The first kappa shape index (κ1) is 12.7. The molecule has 1 aromatic rings. The van der Waals surface area contributed by atoms with Crippen molar-refractivity contribution >= 4 is 17.9 Å². The van der Waals surface area contributed by atoms with E-state index in [1.54, 1.807) is 0 Å². The molecule has 0 heterocycles. The zero-order valence-corrected chi connectivity index (χ0v) is 8.71. The highest BCUT2D eigenvalue weighted by molar-refractivity contribution is 5.88. The molecule has 90 valence electrons.